The molecule has 1 aromatic rings. The molecule has 0 radical (unpaired) electrons. The molecule has 0 aliphatic carbocycles. The quantitative estimate of drug-likeness (QED) is 0.820. The van der Waals surface area contributed by atoms with Crippen molar-refractivity contribution in [3.05, 3.63) is 29.3 Å². The van der Waals surface area contributed by atoms with Crippen molar-refractivity contribution in [2.45, 2.75) is 25.8 Å². The van der Waals surface area contributed by atoms with Gasteiger partial charge in [-0.05, 0) is 44.0 Å². The number of nitrogens with zero attached hydrogens (tertiary/aromatic N) is 2. The molecule has 2 rings (SSSR count). The van der Waals surface area contributed by atoms with Crippen LogP contribution in [0.2, 0.25) is 5.02 Å². The largest absolute Gasteiger partial charge is 0.369 e. The number of amides is 2. The summed E-state index contributed by atoms with van der Waals surface area (Å²) in [6, 6.07) is 5.37. The lowest BCUT2D eigenvalue weighted by Gasteiger charge is -2.36. The minimum absolute atomic E-state index is 0.235. The summed E-state index contributed by atoms with van der Waals surface area (Å²) in [5.74, 6) is -0.899. The number of carbonyl (C=O) groups is 2. The average Bonchev–Trinajstić information content (AvgIpc) is 2.55. The van der Waals surface area contributed by atoms with Crippen molar-refractivity contribution in [2.24, 2.45) is 11.7 Å². The van der Waals surface area contributed by atoms with Crippen LogP contribution in [0.4, 0.5) is 5.69 Å². The first-order valence-electron chi connectivity index (χ1n) is 7.94. The molecule has 1 fully saturated rings. The first-order chi connectivity index (χ1) is 11.6. The lowest BCUT2D eigenvalue weighted by atomic mass is 9.96. The summed E-state index contributed by atoms with van der Waals surface area (Å²) >= 11 is 5.85. The highest BCUT2D eigenvalue weighted by Crippen LogP contribution is 2.25. The van der Waals surface area contributed by atoms with Crippen molar-refractivity contribution in [3.63, 3.8) is 0 Å². The number of primary amides is 1. The van der Waals surface area contributed by atoms with Crippen molar-refractivity contribution in [1.29, 1.82) is 0 Å². The molecule has 2 amide bonds. The van der Waals surface area contributed by atoms with E-state index in [1.54, 1.807) is 36.1 Å². The van der Waals surface area contributed by atoms with E-state index in [0.29, 0.717) is 36.6 Å². The van der Waals surface area contributed by atoms with Crippen LogP contribution in [0.25, 0.3) is 0 Å². The molecule has 1 aliphatic heterocycles. The van der Waals surface area contributed by atoms with Crippen molar-refractivity contribution in [2.75, 3.05) is 23.7 Å². The molecule has 0 bridgehead atoms. The van der Waals surface area contributed by atoms with Crippen molar-refractivity contribution < 1.29 is 18.0 Å². The zero-order valence-corrected chi connectivity index (χ0v) is 15.8. The highest BCUT2D eigenvalue weighted by atomic mass is 35.5. The third kappa shape index (κ3) is 4.64. The summed E-state index contributed by atoms with van der Waals surface area (Å²) < 4.78 is 25.6. The molecule has 0 spiro atoms. The Bertz CT molecular complexity index is 743. The van der Waals surface area contributed by atoms with Gasteiger partial charge in [0.1, 0.15) is 6.04 Å². The van der Waals surface area contributed by atoms with Crippen LogP contribution >= 0.6 is 11.6 Å². The molecule has 7 nitrogen and oxygen atoms in total. The summed E-state index contributed by atoms with van der Waals surface area (Å²) in [7, 11) is -3.67. The minimum Gasteiger partial charge on any atom is -0.369 e. The summed E-state index contributed by atoms with van der Waals surface area (Å²) in [5, 5.41) is 0.477. The number of piperidine rings is 1. The Kier molecular flexibility index (Phi) is 5.95. The number of carbonyl (C=O) groups excluding carboxylic acids is 2. The number of hydrogen-bond acceptors (Lipinski definition) is 4. The molecular weight excluding hydrogens is 366 g/mol. The fourth-order valence-electron chi connectivity index (χ4n) is 3.04. The first-order valence-corrected chi connectivity index (χ1v) is 10.2. The number of anilines is 1. The van der Waals surface area contributed by atoms with Crippen LogP contribution in [0.5, 0.6) is 0 Å². The number of likely N-dealkylation sites (tertiary alicyclic amines) is 1. The van der Waals surface area contributed by atoms with E-state index in [1.807, 2.05) is 0 Å². The minimum atomic E-state index is -3.67. The predicted molar refractivity (Wildman–Crippen MR) is 96.7 cm³/mol. The first kappa shape index (κ1) is 19.5. The normalized spacial score (nSPS) is 17.2. The Morgan fingerprint density at radius 2 is 1.76 bits per heavy atom. The standard InChI is InChI=1S/C16H22ClN3O4S/c1-11(16(22)19-9-7-12(8-10-19)15(18)21)20(25(2,23)24)14-5-3-13(17)4-6-14/h3-6,11-12H,7-10H2,1-2H3,(H2,18,21). The fraction of sp³-hybridized carbons (Fsp3) is 0.500. The molecule has 9 heteroatoms. The van der Waals surface area contributed by atoms with E-state index < -0.39 is 16.1 Å². The second-order valence-corrected chi connectivity index (χ2v) is 8.51. The van der Waals surface area contributed by atoms with Crippen molar-refractivity contribution in [3.8, 4) is 0 Å². The van der Waals surface area contributed by atoms with Gasteiger partial charge in [-0.2, -0.15) is 0 Å². The number of rotatable bonds is 5. The van der Waals surface area contributed by atoms with Gasteiger partial charge in [-0.15, -0.1) is 0 Å². The van der Waals surface area contributed by atoms with Gasteiger partial charge in [-0.3, -0.25) is 13.9 Å². The highest BCUT2D eigenvalue weighted by Gasteiger charge is 2.34. The van der Waals surface area contributed by atoms with Gasteiger partial charge in [0.2, 0.25) is 21.8 Å². The van der Waals surface area contributed by atoms with Crippen LogP contribution in [0, 0.1) is 5.92 Å². The Balaban J connectivity index is 2.19. The summed E-state index contributed by atoms with van der Waals surface area (Å²) in [5.41, 5.74) is 5.68. The molecular formula is C16H22ClN3O4S. The molecule has 2 N–H and O–H groups in total. The number of hydrogen-bond donors (Lipinski definition) is 1. The van der Waals surface area contributed by atoms with Gasteiger partial charge in [0.15, 0.2) is 0 Å². The number of halogens is 1. The third-order valence-electron chi connectivity index (χ3n) is 4.36. The monoisotopic (exact) mass is 387 g/mol. The maximum absolute atomic E-state index is 12.8. The smallest absolute Gasteiger partial charge is 0.246 e. The van der Waals surface area contributed by atoms with E-state index in [9.17, 15) is 18.0 Å². The van der Waals surface area contributed by atoms with Gasteiger partial charge in [0.25, 0.3) is 0 Å². The lowest BCUT2D eigenvalue weighted by molar-refractivity contribution is -0.135. The van der Waals surface area contributed by atoms with E-state index in [4.69, 9.17) is 17.3 Å². The summed E-state index contributed by atoms with van der Waals surface area (Å²) in [4.78, 5) is 25.6. The molecule has 0 saturated carbocycles. The SMILES string of the molecule is CC(C(=O)N1CCC(C(N)=O)CC1)N(c1ccc(Cl)cc1)S(C)(=O)=O. The number of benzene rings is 1. The van der Waals surface area contributed by atoms with Crippen LogP contribution < -0.4 is 10.0 Å². The van der Waals surface area contributed by atoms with Gasteiger partial charge >= 0.3 is 0 Å². The molecule has 0 aromatic heterocycles. The average molecular weight is 388 g/mol. The summed E-state index contributed by atoms with van der Waals surface area (Å²) in [6.07, 6.45) is 2.05. The van der Waals surface area contributed by atoms with E-state index >= 15 is 0 Å². The van der Waals surface area contributed by atoms with Crippen LogP contribution in [-0.4, -0.2) is 50.5 Å². The van der Waals surface area contributed by atoms with Crippen LogP contribution in [0.15, 0.2) is 24.3 Å². The molecule has 1 aromatic carbocycles. The second kappa shape index (κ2) is 7.61. The molecule has 1 saturated heterocycles. The molecule has 138 valence electrons. The van der Waals surface area contributed by atoms with Gasteiger partial charge < -0.3 is 10.6 Å². The Morgan fingerprint density at radius 3 is 2.20 bits per heavy atom. The van der Waals surface area contributed by atoms with Crippen molar-refractivity contribution in [1.82, 2.24) is 4.90 Å². The zero-order chi connectivity index (χ0) is 18.8. The van der Waals surface area contributed by atoms with E-state index in [1.165, 1.54) is 0 Å². The maximum atomic E-state index is 12.8. The highest BCUT2D eigenvalue weighted by molar-refractivity contribution is 7.92. The van der Waals surface area contributed by atoms with E-state index in [-0.39, 0.29) is 17.7 Å². The zero-order valence-electron chi connectivity index (χ0n) is 14.2. The Hall–Kier alpha value is -1.80. The van der Waals surface area contributed by atoms with E-state index in [0.717, 1.165) is 10.6 Å². The van der Waals surface area contributed by atoms with Crippen LogP contribution in [-0.2, 0) is 19.6 Å². The number of nitrogens with two attached hydrogens (primary N) is 1. The Labute approximate surface area is 152 Å². The van der Waals surface area contributed by atoms with Gasteiger partial charge in [-0.1, -0.05) is 11.6 Å². The van der Waals surface area contributed by atoms with Crippen LogP contribution in [0.3, 0.4) is 0 Å². The predicted octanol–water partition coefficient (Wildman–Crippen LogP) is 1.22. The topological polar surface area (TPSA) is 101 Å². The van der Waals surface area contributed by atoms with Gasteiger partial charge in [-0.25, -0.2) is 8.42 Å². The van der Waals surface area contributed by atoms with Crippen molar-refractivity contribution >= 4 is 39.1 Å². The second-order valence-electron chi connectivity index (χ2n) is 6.21. The molecule has 1 heterocycles. The lowest BCUT2D eigenvalue weighted by Crippen LogP contribution is -2.52. The molecule has 1 aliphatic rings. The Morgan fingerprint density at radius 1 is 1.24 bits per heavy atom. The number of sulfonamides is 1. The summed E-state index contributed by atoms with van der Waals surface area (Å²) in [6.45, 7) is 2.32. The van der Waals surface area contributed by atoms with Crippen LogP contribution in [0.1, 0.15) is 19.8 Å². The molecule has 1 atom stereocenters. The molecule has 1 unspecified atom stereocenters. The molecule has 25 heavy (non-hydrogen) atoms. The van der Waals surface area contributed by atoms with E-state index in [2.05, 4.69) is 0 Å². The third-order valence-corrected chi connectivity index (χ3v) is 5.85. The van der Waals surface area contributed by atoms with Gasteiger partial charge in [0, 0.05) is 24.0 Å². The van der Waals surface area contributed by atoms with Gasteiger partial charge in [0.05, 0.1) is 11.9 Å². The maximum Gasteiger partial charge on any atom is 0.246 e. The fourth-order valence-corrected chi connectivity index (χ4v) is 4.33.